The van der Waals surface area contributed by atoms with Crippen LogP contribution in [0.3, 0.4) is 0 Å². The third kappa shape index (κ3) is 3.04. The summed E-state index contributed by atoms with van der Waals surface area (Å²) in [7, 11) is 7.35. The first-order chi connectivity index (χ1) is 10.4. The van der Waals surface area contributed by atoms with E-state index in [4.69, 9.17) is 9.47 Å². The van der Waals surface area contributed by atoms with Crippen molar-refractivity contribution in [3.8, 4) is 11.5 Å². The minimum Gasteiger partial charge on any atom is -0.493 e. The number of fused-ring (bicyclic) bond motifs is 1. The first-order valence-electron chi connectivity index (χ1n) is 7.61. The molecule has 122 valence electrons. The molecule has 0 saturated heterocycles. The van der Waals surface area contributed by atoms with Crippen LogP contribution in [-0.2, 0) is 11.2 Å². The first kappa shape index (κ1) is 16.6. The lowest BCUT2D eigenvalue weighted by Crippen LogP contribution is -2.49. The summed E-state index contributed by atoms with van der Waals surface area (Å²) < 4.78 is 10.8. The number of benzene rings is 1. The second kappa shape index (κ2) is 6.57. The standard InChI is InChI=1S/C17H26N2O3/c1-11(2)17(20)19-10-13(18(3)4)7-12-8-15(21-5)16(22-6)9-14(12)19/h8-9,11,13H,7,10H2,1-6H3/t13-/m0/s1. The molecule has 1 aromatic rings. The Hall–Kier alpha value is -1.75. The quantitative estimate of drug-likeness (QED) is 0.855. The van der Waals surface area contributed by atoms with Gasteiger partial charge in [0.1, 0.15) is 0 Å². The van der Waals surface area contributed by atoms with Gasteiger partial charge in [-0.25, -0.2) is 0 Å². The maximum atomic E-state index is 12.6. The van der Waals surface area contributed by atoms with Gasteiger partial charge in [-0.1, -0.05) is 13.8 Å². The van der Waals surface area contributed by atoms with Crippen LogP contribution in [0, 0.1) is 5.92 Å². The van der Waals surface area contributed by atoms with Crippen molar-refractivity contribution in [2.75, 3.05) is 39.8 Å². The number of amides is 1. The molecule has 0 N–H and O–H groups in total. The molecule has 0 aliphatic carbocycles. The van der Waals surface area contributed by atoms with E-state index in [0.29, 0.717) is 24.1 Å². The number of rotatable bonds is 4. The van der Waals surface area contributed by atoms with Crippen LogP contribution in [-0.4, -0.2) is 51.7 Å². The van der Waals surface area contributed by atoms with E-state index < -0.39 is 0 Å². The maximum Gasteiger partial charge on any atom is 0.229 e. The molecule has 22 heavy (non-hydrogen) atoms. The number of likely N-dealkylation sites (N-methyl/N-ethyl adjacent to an activating group) is 1. The van der Waals surface area contributed by atoms with Crippen LogP contribution in [0.4, 0.5) is 5.69 Å². The predicted molar refractivity (Wildman–Crippen MR) is 87.9 cm³/mol. The van der Waals surface area contributed by atoms with E-state index in [1.807, 2.05) is 30.9 Å². The molecular weight excluding hydrogens is 280 g/mol. The molecule has 5 nitrogen and oxygen atoms in total. The Morgan fingerprint density at radius 3 is 2.32 bits per heavy atom. The highest BCUT2D eigenvalue weighted by atomic mass is 16.5. The number of carbonyl (C=O) groups excluding carboxylic acids is 1. The van der Waals surface area contributed by atoms with Gasteiger partial charge in [0.25, 0.3) is 0 Å². The fourth-order valence-corrected chi connectivity index (χ4v) is 2.82. The monoisotopic (exact) mass is 306 g/mol. The van der Waals surface area contributed by atoms with E-state index in [1.165, 1.54) is 0 Å². The van der Waals surface area contributed by atoms with Crippen LogP contribution in [0.1, 0.15) is 19.4 Å². The topological polar surface area (TPSA) is 42.0 Å². The number of anilines is 1. The van der Waals surface area contributed by atoms with Gasteiger partial charge in [0.15, 0.2) is 11.5 Å². The van der Waals surface area contributed by atoms with E-state index >= 15 is 0 Å². The van der Waals surface area contributed by atoms with Gasteiger partial charge in [0.05, 0.1) is 19.9 Å². The van der Waals surface area contributed by atoms with Crippen molar-refractivity contribution in [1.29, 1.82) is 0 Å². The smallest absolute Gasteiger partial charge is 0.229 e. The average Bonchev–Trinajstić information content (AvgIpc) is 2.51. The molecule has 1 aliphatic rings. The summed E-state index contributed by atoms with van der Waals surface area (Å²) in [6.07, 6.45) is 0.893. The van der Waals surface area contributed by atoms with Gasteiger partial charge in [-0.3, -0.25) is 4.79 Å². The molecule has 1 atom stereocenters. The van der Waals surface area contributed by atoms with E-state index in [9.17, 15) is 4.79 Å². The number of hydrogen-bond acceptors (Lipinski definition) is 4. The highest BCUT2D eigenvalue weighted by Gasteiger charge is 2.31. The second-order valence-electron chi connectivity index (χ2n) is 6.26. The Bertz CT molecular complexity index is 555. The largest absolute Gasteiger partial charge is 0.493 e. The normalized spacial score (nSPS) is 17.6. The van der Waals surface area contributed by atoms with Crippen molar-refractivity contribution < 1.29 is 14.3 Å². The lowest BCUT2D eigenvalue weighted by Gasteiger charge is -2.38. The van der Waals surface area contributed by atoms with Gasteiger partial charge < -0.3 is 19.3 Å². The third-order valence-corrected chi connectivity index (χ3v) is 4.21. The van der Waals surface area contributed by atoms with E-state index in [0.717, 1.165) is 17.7 Å². The van der Waals surface area contributed by atoms with E-state index in [2.05, 4.69) is 19.0 Å². The second-order valence-corrected chi connectivity index (χ2v) is 6.26. The van der Waals surface area contributed by atoms with Gasteiger partial charge >= 0.3 is 0 Å². The van der Waals surface area contributed by atoms with Crippen molar-refractivity contribution in [2.45, 2.75) is 26.3 Å². The van der Waals surface area contributed by atoms with Gasteiger partial charge in [-0.15, -0.1) is 0 Å². The Kier molecular flexibility index (Phi) is 4.96. The molecule has 0 aromatic heterocycles. The van der Waals surface area contributed by atoms with E-state index in [-0.39, 0.29) is 11.8 Å². The summed E-state index contributed by atoms with van der Waals surface area (Å²) in [5, 5.41) is 0. The fourth-order valence-electron chi connectivity index (χ4n) is 2.82. The lowest BCUT2D eigenvalue weighted by atomic mass is 9.95. The summed E-state index contributed by atoms with van der Waals surface area (Å²) in [5.74, 6) is 1.46. The molecule has 5 heteroatoms. The van der Waals surface area contributed by atoms with Gasteiger partial charge in [-0.05, 0) is 32.1 Å². The number of nitrogens with zero attached hydrogens (tertiary/aromatic N) is 2. The van der Waals surface area contributed by atoms with Crippen LogP contribution in [0.2, 0.25) is 0 Å². The van der Waals surface area contributed by atoms with Crippen molar-refractivity contribution in [1.82, 2.24) is 4.90 Å². The summed E-state index contributed by atoms with van der Waals surface area (Å²) in [6, 6.07) is 4.21. The summed E-state index contributed by atoms with van der Waals surface area (Å²) in [5.41, 5.74) is 2.06. The zero-order valence-corrected chi connectivity index (χ0v) is 14.3. The van der Waals surface area contributed by atoms with Crippen molar-refractivity contribution in [2.24, 2.45) is 5.92 Å². The van der Waals surface area contributed by atoms with Crippen LogP contribution in [0.5, 0.6) is 11.5 Å². The molecule has 1 aromatic carbocycles. The van der Waals surface area contributed by atoms with Crippen molar-refractivity contribution >= 4 is 11.6 Å². The van der Waals surface area contributed by atoms with Gasteiger partial charge in [0.2, 0.25) is 5.91 Å². The minimum atomic E-state index is -0.0399. The predicted octanol–water partition coefficient (Wildman–Crippen LogP) is 2.18. The van der Waals surface area contributed by atoms with Crippen LogP contribution >= 0.6 is 0 Å². The average molecular weight is 306 g/mol. The van der Waals surface area contributed by atoms with E-state index in [1.54, 1.807) is 14.2 Å². The van der Waals surface area contributed by atoms with Crippen LogP contribution in [0.25, 0.3) is 0 Å². The zero-order chi connectivity index (χ0) is 16.4. The van der Waals surface area contributed by atoms with Gasteiger partial charge in [-0.2, -0.15) is 0 Å². The molecule has 1 heterocycles. The number of methoxy groups -OCH3 is 2. The SMILES string of the molecule is COc1cc2c(cc1OC)N(C(=O)C(C)C)C[C@@H](N(C)C)C2. The number of carbonyl (C=O) groups is 1. The molecular formula is C17H26N2O3. The number of ether oxygens (including phenoxy) is 2. The molecule has 0 saturated carbocycles. The highest BCUT2D eigenvalue weighted by molar-refractivity contribution is 5.96. The van der Waals surface area contributed by atoms with Crippen LogP contribution in [0.15, 0.2) is 12.1 Å². The fraction of sp³-hybridized carbons (Fsp3) is 0.588. The van der Waals surface area contributed by atoms with Crippen LogP contribution < -0.4 is 14.4 Å². The molecule has 0 unspecified atom stereocenters. The molecule has 0 radical (unpaired) electrons. The Morgan fingerprint density at radius 1 is 1.23 bits per heavy atom. The van der Waals surface area contributed by atoms with Crippen molar-refractivity contribution in [3.63, 3.8) is 0 Å². The highest BCUT2D eigenvalue weighted by Crippen LogP contribution is 2.39. The maximum absolute atomic E-state index is 12.6. The van der Waals surface area contributed by atoms with Gasteiger partial charge in [0, 0.05) is 24.6 Å². The Balaban J connectivity index is 2.52. The molecule has 1 aliphatic heterocycles. The summed E-state index contributed by atoms with van der Waals surface area (Å²) in [4.78, 5) is 16.7. The Morgan fingerprint density at radius 2 is 1.82 bits per heavy atom. The van der Waals surface area contributed by atoms with Crippen molar-refractivity contribution in [3.05, 3.63) is 17.7 Å². The minimum absolute atomic E-state index is 0.0399. The molecule has 2 rings (SSSR count). The summed E-state index contributed by atoms with van der Waals surface area (Å²) in [6.45, 7) is 4.57. The first-order valence-corrected chi connectivity index (χ1v) is 7.61. The molecule has 0 spiro atoms. The molecule has 0 bridgehead atoms. The molecule has 0 fully saturated rings. The zero-order valence-electron chi connectivity index (χ0n) is 14.3. The molecule has 1 amide bonds. The third-order valence-electron chi connectivity index (χ3n) is 4.21. The lowest BCUT2D eigenvalue weighted by molar-refractivity contribution is -0.121. The number of hydrogen-bond donors (Lipinski definition) is 0. The summed E-state index contributed by atoms with van der Waals surface area (Å²) >= 11 is 0. The Labute approximate surface area is 132 Å².